The van der Waals surface area contributed by atoms with Gasteiger partial charge in [-0.1, -0.05) is 30.4 Å². The van der Waals surface area contributed by atoms with Crippen LogP contribution in [0, 0.1) is 0 Å². The van der Waals surface area contributed by atoms with Crippen molar-refractivity contribution in [3.8, 4) is 5.75 Å². The van der Waals surface area contributed by atoms with Gasteiger partial charge in [0.25, 0.3) is 5.24 Å². The lowest BCUT2D eigenvalue weighted by Gasteiger charge is -2.23. The Bertz CT molecular complexity index is 634. The van der Waals surface area contributed by atoms with Crippen molar-refractivity contribution in [1.29, 1.82) is 0 Å². The number of thiocarbonyl (C=S) groups is 1. The zero-order chi connectivity index (χ0) is 13.4. The van der Waals surface area contributed by atoms with E-state index in [0.29, 0.717) is 4.99 Å². The molecule has 0 unspecified atom stereocenters. The topological polar surface area (TPSA) is 38.3 Å². The molecular weight excluding hydrogens is 278 g/mol. The molecule has 0 bridgehead atoms. The first-order chi connectivity index (χ1) is 9.13. The lowest BCUT2D eigenvalue weighted by Crippen LogP contribution is -2.19. The van der Waals surface area contributed by atoms with E-state index in [9.17, 15) is 4.79 Å². The average molecular weight is 289 g/mol. The molecule has 0 aromatic heterocycles. The van der Waals surface area contributed by atoms with Crippen LogP contribution >= 0.6 is 24.0 Å². The molecule has 0 radical (unpaired) electrons. The van der Waals surface area contributed by atoms with Crippen LogP contribution < -0.4 is 10.1 Å². The number of carbonyl (C=O) groups excluding carboxylic acids is 1. The Labute approximate surface area is 120 Å². The van der Waals surface area contributed by atoms with Gasteiger partial charge in [0.1, 0.15) is 16.8 Å². The SMILES string of the molecule is C[C@@H]1Oc2ccccc2C=C1/C=C1\SC(=O)NC1=S. The Hall–Kier alpha value is -1.59. The minimum absolute atomic E-state index is 0.0542. The van der Waals surface area contributed by atoms with Gasteiger partial charge in [-0.25, -0.2) is 0 Å². The summed E-state index contributed by atoms with van der Waals surface area (Å²) < 4.78 is 5.85. The summed E-state index contributed by atoms with van der Waals surface area (Å²) in [6, 6.07) is 7.88. The standard InChI is InChI=1S/C14H11NO2S2/c1-8-10(7-12-13(18)15-14(16)19-12)6-9-4-2-3-5-11(9)17-8/h2-8H,1H3,(H,15,16,18)/b12-7-/t8-/m0/s1. The molecule has 0 saturated carbocycles. The molecule has 5 heteroatoms. The summed E-state index contributed by atoms with van der Waals surface area (Å²) in [5.41, 5.74) is 2.06. The Morgan fingerprint density at radius 1 is 1.42 bits per heavy atom. The molecule has 1 aromatic rings. The zero-order valence-corrected chi connectivity index (χ0v) is 11.8. The van der Waals surface area contributed by atoms with Crippen LogP contribution in [0.4, 0.5) is 4.79 Å². The van der Waals surface area contributed by atoms with Gasteiger partial charge in [-0.2, -0.15) is 0 Å². The minimum Gasteiger partial charge on any atom is -0.485 e. The van der Waals surface area contributed by atoms with Gasteiger partial charge in [0.05, 0.1) is 4.91 Å². The first-order valence-electron chi connectivity index (χ1n) is 5.85. The molecule has 1 fully saturated rings. The third-order valence-electron chi connectivity index (χ3n) is 2.95. The second-order valence-electron chi connectivity index (χ2n) is 4.29. The van der Waals surface area contributed by atoms with E-state index < -0.39 is 0 Å². The number of thioether (sulfide) groups is 1. The van der Waals surface area contributed by atoms with Crippen molar-refractivity contribution in [2.24, 2.45) is 0 Å². The van der Waals surface area contributed by atoms with Crippen molar-refractivity contribution in [2.45, 2.75) is 13.0 Å². The summed E-state index contributed by atoms with van der Waals surface area (Å²) in [7, 11) is 0. The van der Waals surface area contributed by atoms with Crippen molar-refractivity contribution in [3.63, 3.8) is 0 Å². The number of para-hydroxylation sites is 1. The molecule has 1 saturated heterocycles. The normalized spacial score (nSPS) is 23.7. The zero-order valence-electron chi connectivity index (χ0n) is 10.2. The molecule has 2 heterocycles. The summed E-state index contributed by atoms with van der Waals surface area (Å²) in [6.45, 7) is 1.98. The van der Waals surface area contributed by atoms with Crippen LogP contribution in [0.5, 0.6) is 5.75 Å². The Morgan fingerprint density at radius 3 is 2.95 bits per heavy atom. The van der Waals surface area contributed by atoms with Gasteiger partial charge in [-0.05, 0) is 42.5 Å². The number of fused-ring (bicyclic) bond motifs is 1. The summed E-state index contributed by atoms with van der Waals surface area (Å²) >= 11 is 6.24. The lowest BCUT2D eigenvalue weighted by molar-refractivity contribution is 0.257. The molecule has 96 valence electrons. The van der Waals surface area contributed by atoms with Gasteiger partial charge in [-0.3, -0.25) is 4.79 Å². The van der Waals surface area contributed by atoms with Crippen LogP contribution in [0.2, 0.25) is 0 Å². The van der Waals surface area contributed by atoms with Gasteiger partial charge in [0, 0.05) is 5.56 Å². The highest BCUT2D eigenvalue weighted by atomic mass is 32.2. The van der Waals surface area contributed by atoms with Gasteiger partial charge in [0.2, 0.25) is 0 Å². The number of rotatable bonds is 1. The molecule has 0 aliphatic carbocycles. The third-order valence-corrected chi connectivity index (χ3v) is 4.23. The molecule has 1 aromatic carbocycles. The maximum Gasteiger partial charge on any atom is 0.289 e. The first kappa shape index (κ1) is 12.4. The molecule has 0 spiro atoms. The smallest absolute Gasteiger partial charge is 0.289 e. The van der Waals surface area contributed by atoms with Crippen LogP contribution in [-0.2, 0) is 0 Å². The maximum absolute atomic E-state index is 11.3. The fraction of sp³-hybridized carbons (Fsp3) is 0.143. The van der Waals surface area contributed by atoms with E-state index in [2.05, 4.69) is 11.4 Å². The van der Waals surface area contributed by atoms with E-state index >= 15 is 0 Å². The Morgan fingerprint density at radius 2 is 2.21 bits per heavy atom. The molecule has 2 aliphatic heterocycles. The van der Waals surface area contributed by atoms with Gasteiger partial charge >= 0.3 is 0 Å². The Kier molecular flexibility index (Phi) is 3.16. The van der Waals surface area contributed by atoms with E-state index in [1.165, 1.54) is 0 Å². The number of nitrogens with one attached hydrogen (secondary N) is 1. The predicted octanol–water partition coefficient (Wildman–Crippen LogP) is 3.52. The molecule has 3 nitrogen and oxygen atoms in total. The summed E-state index contributed by atoms with van der Waals surface area (Å²) in [5.74, 6) is 0.882. The molecule has 1 N–H and O–H groups in total. The van der Waals surface area contributed by atoms with Crippen molar-refractivity contribution in [2.75, 3.05) is 0 Å². The minimum atomic E-state index is -0.123. The highest BCUT2D eigenvalue weighted by Crippen LogP contribution is 2.32. The number of benzene rings is 1. The monoisotopic (exact) mass is 289 g/mol. The van der Waals surface area contributed by atoms with Crippen LogP contribution in [-0.4, -0.2) is 16.3 Å². The van der Waals surface area contributed by atoms with E-state index in [1.807, 2.05) is 37.3 Å². The number of amides is 1. The van der Waals surface area contributed by atoms with Crippen LogP contribution in [0.1, 0.15) is 12.5 Å². The van der Waals surface area contributed by atoms with Crippen molar-refractivity contribution < 1.29 is 9.53 Å². The second-order valence-corrected chi connectivity index (χ2v) is 5.72. The van der Waals surface area contributed by atoms with Crippen molar-refractivity contribution in [1.82, 2.24) is 5.32 Å². The number of hydrogen-bond acceptors (Lipinski definition) is 4. The van der Waals surface area contributed by atoms with Crippen LogP contribution in [0.15, 0.2) is 40.8 Å². The summed E-state index contributed by atoms with van der Waals surface area (Å²) in [5, 5.41) is 2.49. The van der Waals surface area contributed by atoms with Crippen molar-refractivity contribution in [3.05, 3.63) is 46.4 Å². The third kappa shape index (κ3) is 2.43. The highest BCUT2D eigenvalue weighted by Gasteiger charge is 2.24. The first-order valence-corrected chi connectivity index (χ1v) is 7.08. The summed E-state index contributed by atoms with van der Waals surface area (Å²) in [6.07, 6.45) is 3.94. The number of hydrogen-bond donors (Lipinski definition) is 1. The second kappa shape index (κ2) is 4.83. The predicted molar refractivity (Wildman–Crippen MR) is 81.3 cm³/mol. The largest absolute Gasteiger partial charge is 0.485 e. The van der Waals surface area contributed by atoms with Crippen molar-refractivity contribution >= 4 is 40.3 Å². The molecule has 2 aliphatic rings. The van der Waals surface area contributed by atoms with E-state index in [4.69, 9.17) is 17.0 Å². The molecular formula is C14H11NO2S2. The molecule has 1 atom stereocenters. The molecule has 3 rings (SSSR count). The maximum atomic E-state index is 11.3. The van der Waals surface area contributed by atoms with E-state index in [1.54, 1.807) is 0 Å². The van der Waals surface area contributed by atoms with E-state index in [-0.39, 0.29) is 11.3 Å². The Balaban J connectivity index is 1.97. The quantitative estimate of drug-likeness (QED) is 0.634. The fourth-order valence-electron chi connectivity index (χ4n) is 1.99. The lowest BCUT2D eigenvalue weighted by atomic mass is 10.0. The molecule has 1 amide bonds. The number of carbonyl (C=O) groups is 1. The van der Waals surface area contributed by atoms with Crippen LogP contribution in [0.3, 0.4) is 0 Å². The van der Waals surface area contributed by atoms with E-state index in [0.717, 1.165) is 33.6 Å². The highest BCUT2D eigenvalue weighted by molar-refractivity contribution is 8.19. The van der Waals surface area contributed by atoms with Gasteiger partial charge in [0.15, 0.2) is 0 Å². The number of ether oxygens (including phenoxy) is 1. The van der Waals surface area contributed by atoms with Gasteiger partial charge in [-0.15, -0.1) is 0 Å². The fourth-order valence-corrected chi connectivity index (χ4v) is 3.03. The summed E-state index contributed by atoms with van der Waals surface area (Å²) in [4.78, 5) is 12.5. The van der Waals surface area contributed by atoms with Gasteiger partial charge < -0.3 is 10.1 Å². The van der Waals surface area contributed by atoms with Crippen LogP contribution in [0.25, 0.3) is 6.08 Å². The molecule has 19 heavy (non-hydrogen) atoms. The average Bonchev–Trinajstić information content (AvgIpc) is 2.69.